The molecule has 0 spiro atoms. The van der Waals surface area contributed by atoms with Gasteiger partial charge in [-0.15, -0.1) is 0 Å². The van der Waals surface area contributed by atoms with Gasteiger partial charge in [0.1, 0.15) is 0 Å². The molecule has 0 aliphatic heterocycles. The Hall–Kier alpha value is -5.47. The van der Waals surface area contributed by atoms with Crippen molar-refractivity contribution in [2.75, 3.05) is 0 Å². The van der Waals surface area contributed by atoms with E-state index in [0.717, 1.165) is 11.1 Å². The van der Waals surface area contributed by atoms with E-state index in [1.807, 2.05) is 18.5 Å². The molecule has 8 aromatic rings. The van der Waals surface area contributed by atoms with Crippen LogP contribution in [0.25, 0.3) is 76.8 Å². The predicted molar refractivity (Wildman–Crippen MR) is 177 cm³/mol. The summed E-state index contributed by atoms with van der Waals surface area (Å²) in [5.74, 6) is 0. The molecule has 0 atom stereocenters. The van der Waals surface area contributed by atoms with Crippen molar-refractivity contribution in [1.29, 1.82) is 0 Å². The number of hydrogen-bond donors (Lipinski definition) is 0. The van der Waals surface area contributed by atoms with Gasteiger partial charge < -0.3 is 4.57 Å². The van der Waals surface area contributed by atoms with Crippen LogP contribution in [-0.4, -0.2) is 9.55 Å². The minimum atomic E-state index is 1.11. The van der Waals surface area contributed by atoms with E-state index in [0.29, 0.717) is 0 Å². The maximum Gasteiger partial charge on any atom is 0.0346 e. The second kappa shape index (κ2) is 9.87. The first-order chi connectivity index (χ1) is 20.7. The van der Waals surface area contributed by atoms with Crippen LogP contribution in [0.15, 0.2) is 152 Å². The lowest BCUT2D eigenvalue weighted by Gasteiger charge is -2.15. The van der Waals surface area contributed by atoms with Gasteiger partial charge in [-0.2, -0.15) is 0 Å². The molecule has 198 valence electrons. The Kier molecular flexibility index (Phi) is 5.72. The fraction of sp³-hybridized carbons (Fsp3) is 0.0250. The van der Waals surface area contributed by atoms with Gasteiger partial charge in [-0.05, 0) is 114 Å². The quantitative estimate of drug-likeness (QED) is 0.205. The van der Waals surface area contributed by atoms with Crippen LogP contribution in [0, 0.1) is 0 Å². The molecule has 0 saturated carbocycles. The van der Waals surface area contributed by atoms with Crippen molar-refractivity contribution >= 4 is 32.3 Å². The number of hydrogen-bond acceptors (Lipinski definition) is 1. The first-order valence-electron chi connectivity index (χ1n) is 14.3. The summed E-state index contributed by atoms with van der Waals surface area (Å²) in [6, 6.07) is 46.5. The van der Waals surface area contributed by atoms with Crippen LogP contribution >= 0.6 is 0 Å². The molecule has 2 aromatic heterocycles. The fourth-order valence-corrected chi connectivity index (χ4v) is 6.28. The second-order valence-corrected chi connectivity index (χ2v) is 11.0. The first kappa shape index (κ1) is 24.3. The Morgan fingerprint density at radius 1 is 0.405 bits per heavy atom. The average Bonchev–Trinajstić information content (AvgIpc) is 3.51. The van der Waals surface area contributed by atoms with Gasteiger partial charge in [0.2, 0.25) is 0 Å². The summed E-state index contributed by atoms with van der Waals surface area (Å²) in [6.45, 7) is 0. The van der Waals surface area contributed by atoms with E-state index in [1.54, 1.807) is 0 Å². The third-order valence-corrected chi connectivity index (χ3v) is 8.37. The molecule has 2 heteroatoms. The third-order valence-electron chi connectivity index (χ3n) is 8.37. The summed E-state index contributed by atoms with van der Waals surface area (Å²) in [4.78, 5) is 4.40. The van der Waals surface area contributed by atoms with Crippen LogP contribution < -0.4 is 0 Å². The monoisotopic (exact) mass is 536 g/mol. The molecule has 6 aromatic carbocycles. The van der Waals surface area contributed by atoms with Crippen molar-refractivity contribution in [3.63, 3.8) is 0 Å². The topological polar surface area (TPSA) is 17.8 Å². The summed E-state index contributed by atoms with van der Waals surface area (Å²) >= 11 is 0. The van der Waals surface area contributed by atoms with Crippen molar-refractivity contribution in [3.8, 4) is 44.5 Å². The molecule has 0 N–H and O–H groups in total. The van der Waals surface area contributed by atoms with Crippen molar-refractivity contribution in [2.24, 2.45) is 7.05 Å². The van der Waals surface area contributed by atoms with E-state index < -0.39 is 0 Å². The Morgan fingerprint density at radius 3 is 1.60 bits per heavy atom. The van der Waals surface area contributed by atoms with Crippen LogP contribution in [0.2, 0.25) is 0 Å². The Balaban J connectivity index is 1.38. The largest absolute Gasteiger partial charge is 0.357 e. The van der Waals surface area contributed by atoms with Crippen molar-refractivity contribution in [1.82, 2.24) is 9.55 Å². The summed E-state index contributed by atoms with van der Waals surface area (Å²) < 4.78 is 2.10. The molecular weight excluding hydrogens is 508 g/mol. The number of pyridine rings is 1. The molecule has 0 aliphatic carbocycles. The number of rotatable bonds is 4. The minimum absolute atomic E-state index is 1.11. The molecule has 0 amide bonds. The minimum Gasteiger partial charge on any atom is -0.357 e. The lowest BCUT2D eigenvalue weighted by atomic mass is 9.89. The van der Waals surface area contributed by atoms with Gasteiger partial charge in [0.25, 0.3) is 0 Å². The molecule has 2 heterocycles. The second-order valence-electron chi connectivity index (χ2n) is 11.0. The molecule has 42 heavy (non-hydrogen) atoms. The van der Waals surface area contributed by atoms with E-state index in [-0.39, 0.29) is 0 Å². The third kappa shape index (κ3) is 4.17. The maximum atomic E-state index is 4.40. The van der Waals surface area contributed by atoms with Crippen LogP contribution in [-0.2, 0) is 7.05 Å². The molecule has 0 bridgehead atoms. The molecule has 0 radical (unpaired) electrons. The molecule has 0 unspecified atom stereocenters. The van der Waals surface area contributed by atoms with Gasteiger partial charge in [-0.25, -0.2) is 0 Å². The molecule has 0 fully saturated rings. The number of fused-ring (bicyclic) bond motifs is 6. The van der Waals surface area contributed by atoms with Gasteiger partial charge in [-0.1, -0.05) is 84.9 Å². The van der Waals surface area contributed by atoms with Crippen LogP contribution in [0.1, 0.15) is 0 Å². The number of aryl methyl sites for hydroxylation is 1. The summed E-state index contributed by atoms with van der Waals surface area (Å²) in [6.07, 6.45) is 8.05. The SMILES string of the molecule is Cn1ccc(-c2cc(-c3cccnc3)cc(-c3ccc4c5ccccc5c5cc(-c6ccccc6)ccc5c4c3)c2)c1. The normalized spacial score (nSPS) is 11.5. The number of aromatic nitrogens is 2. The van der Waals surface area contributed by atoms with Crippen molar-refractivity contribution < 1.29 is 0 Å². The van der Waals surface area contributed by atoms with E-state index in [4.69, 9.17) is 0 Å². The van der Waals surface area contributed by atoms with Gasteiger partial charge in [0, 0.05) is 37.4 Å². The van der Waals surface area contributed by atoms with Crippen LogP contribution in [0.3, 0.4) is 0 Å². The highest BCUT2D eigenvalue weighted by molar-refractivity contribution is 6.26. The van der Waals surface area contributed by atoms with E-state index in [2.05, 4.69) is 150 Å². The van der Waals surface area contributed by atoms with Gasteiger partial charge in [0.15, 0.2) is 0 Å². The lowest BCUT2D eigenvalue weighted by molar-refractivity contribution is 0.928. The highest BCUT2D eigenvalue weighted by Crippen LogP contribution is 2.40. The molecule has 2 nitrogen and oxygen atoms in total. The zero-order valence-electron chi connectivity index (χ0n) is 23.3. The van der Waals surface area contributed by atoms with Gasteiger partial charge in [0.05, 0.1) is 0 Å². The summed E-state index contributed by atoms with van der Waals surface area (Å²) in [7, 11) is 2.07. The Morgan fingerprint density at radius 2 is 0.952 bits per heavy atom. The van der Waals surface area contributed by atoms with E-state index in [1.165, 1.54) is 65.7 Å². The number of nitrogens with zero attached hydrogens (tertiary/aromatic N) is 2. The molecular formula is C40H28N2. The first-order valence-corrected chi connectivity index (χ1v) is 14.3. The highest BCUT2D eigenvalue weighted by atomic mass is 14.9. The summed E-state index contributed by atoms with van der Waals surface area (Å²) in [5.41, 5.74) is 9.54. The van der Waals surface area contributed by atoms with Crippen LogP contribution in [0.5, 0.6) is 0 Å². The Labute approximate surface area is 245 Å². The zero-order chi connectivity index (χ0) is 28.0. The van der Waals surface area contributed by atoms with E-state index >= 15 is 0 Å². The van der Waals surface area contributed by atoms with Crippen molar-refractivity contribution in [3.05, 3.63) is 152 Å². The van der Waals surface area contributed by atoms with E-state index in [9.17, 15) is 0 Å². The maximum absolute atomic E-state index is 4.40. The number of benzene rings is 6. The van der Waals surface area contributed by atoms with Gasteiger partial charge in [-0.3, -0.25) is 4.98 Å². The van der Waals surface area contributed by atoms with Crippen molar-refractivity contribution in [2.45, 2.75) is 0 Å². The smallest absolute Gasteiger partial charge is 0.0346 e. The van der Waals surface area contributed by atoms with Crippen LogP contribution in [0.4, 0.5) is 0 Å². The molecule has 0 aliphatic rings. The zero-order valence-corrected chi connectivity index (χ0v) is 23.3. The predicted octanol–water partition coefficient (Wildman–Crippen LogP) is 10.5. The highest BCUT2D eigenvalue weighted by Gasteiger charge is 2.13. The fourth-order valence-electron chi connectivity index (χ4n) is 6.28. The summed E-state index contributed by atoms with van der Waals surface area (Å²) in [5, 5.41) is 7.68. The standard InChI is InChI=1S/C40H28N2/c1-42-19-17-31(26-42)34-21-32(20-33(22-34)30-10-7-18-41-25-30)29-14-15-37-35-11-5-6-12-36(35)39-23-28(27-8-3-2-4-9-27)13-16-38(39)40(37)24-29/h2-26H,1H3. The van der Waals surface area contributed by atoms with Gasteiger partial charge >= 0.3 is 0 Å². The molecule has 0 saturated heterocycles. The lowest BCUT2D eigenvalue weighted by Crippen LogP contribution is -1.88. The molecule has 8 rings (SSSR count). The Bertz CT molecular complexity index is 2240. The average molecular weight is 537 g/mol.